The van der Waals surface area contributed by atoms with Gasteiger partial charge in [0.1, 0.15) is 0 Å². The fourth-order valence-corrected chi connectivity index (χ4v) is 4.13. The van der Waals surface area contributed by atoms with Crippen LogP contribution in [0.1, 0.15) is 42.7 Å². The molecule has 5 nitrogen and oxygen atoms in total. The van der Waals surface area contributed by atoms with Crippen LogP contribution in [0.3, 0.4) is 0 Å². The summed E-state index contributed by atoms with van der Waals surface area (Å²) in [5.41, 5.74) is 2.43. The van der Waals surface area contributed by atoms with E-state index in [1.807, 2.05) is 4.90 Å². The molecule has 3 fully saturated rings. The lowest BCUT2D eigenvalue weighted by atomic mass is 9.93. The highest BCUT2D eigenvalue weighted by Crippen LogP contribution is 2.33. The van der Waals surface area contributed by atoms with Gasteiger partial charge >= 0.3 is 0 Å². The predicted molar refractivity (Wildman–Crippen MR) is 98.7 cm³/mol. The topological polar surface area (TPSA) is 58.6 Å². The Bertz CT molecular complexity index is 662. The Labute approximate surface area is 155 Å². The number of rotatable bonds is 4. The molecule has 0 unspecified atom stereocenters. The van der Waals surface area contributed by atoms with Crippen molar-refractivity contribution in [2.45, 2.75) is 44.6 Å². The third-order valence-corrected chi connectivity index (χ3v) is 5.98. The molecule has 1 N–H and O–H groups in total. The standard InChI is InChI=1S/C21H28N2O3/c1-14-2-4-15(5-3-14)18-12-23(21(25)17-8-10-26-11-9-17)13-19(18)22-20(24)16-6-7-16/h2-5,16-19H,6-13H2,1H3,(H,22,24)/t18-,19+/m0/s1. The Morgan fingerprint density at radius 1 is 1.00 bits per heavy atom. The van der Waals surface area contributed by atoms with E-state index in [-0.39, 0.29) is 35.6 Å². The Morgan fingerprint density at radius 3 is 2.35 bits per heavy atom. The minimum Gasteiger partial charge on any atom is -0.381 e. The van der Waals surface area contributed by atoms with Crippen molar-refractivity contribution >= 4 is 11.8 Å². The quantitative estimate of drug-likeness (QED) is 0.900. The van der Waals surface area contributed by atoms with Gasteiger partial charge in [-0.2, -0.15) is 0 Å². The molecular weight excluding hydrogens is 328 g/mol. The van der Waals surface area contributed by atoms with Crippen molar-refractivity contribution in [3.8, 4) is 0 Å². The maximum Gasteiger partial charge on any atom is 0.225 e. The summed E-state index contributed by atoms with van der Waals surface area (Å²) in [6.45, 7) is 4.73. The third-order valence-electron chi connectivity index (χ3n) is 5.98. The summed E-state index contributed by atoms with van der Waals surface area (Å²) in [6, 6.07) is 8.50. The second kappa shape index (κ2) is 7.39. The van der Waals surface area contributed by atoms with Crippen LogP contribution in [0.25, 0.3) is 0 Å². The number of ether oxygens (including phenoxy) is 1. The van der Waals surface area contributed by atoms with Gasteiger partial charge in [-0.3, -0.25) is 9.59 Å². The number of nitrogens with zero attached hydrogens (tertiary/aromatic N) is 1. The Morgan fingerprint density at radius 2 is 1.69 bits per heavy atom. The molecule has 0 aromatic heterocycles. The third kappa shape index (κ3) is 3.78. The van der Waals surface area contributed by atoms with E-state index >= 15 is 0 Å². The number of hydrogen-bond donors (Lipinski definition) is 1. The van der Waals surface area contributed by atoms with Gasteiger partial charge in [0.05, 0.1) is 6.04 Å². The van der Waals surface area contributed by atoms with Crippen LogP contribution in [-0.2, 0) is 14.3 Å². The molecule has 26 heavy (non-hydrogen) atoms. The molecule has 2 amide bonds. The first-order valence-electron chi connectivity index (χ1n) is 9.85. The molecule has 2 atom stereocenters. The van der Waals surface area contributed by atoms with E-state index in [2.05, 4.69) is 36.5 Å². The van der Waals surface area contributed by atoms with Gasteiger partial charge in [0.15, 0.2) is 0 Å². The molecule has 1 saturated carbocycles. The highest BCUT2D eigenvalue weighted by molar-refractivity contribution is 5.82. The van der Waals surface area contributed by atoms with Crippen LogP contribution in [-0.4, -0.2) is 49.1 Å². The van der Waals surface area contributed by atoms with Crippen molar-refractivity contribution in [3.05, 3.63) is 35.4 Å². The Kier molecular flexibility index (Phi) is 4.98. The molecule has 1 aliphatic carbocycles. The average Bonchev–Trinajstić information content (AvgIpc) is 3.44. The maximum absolute atomic E-state index is 13.0. The first kappa shape index (κ1) is 17.5. The van der Waals surface area contributed by atoms with E-state index in [1.54, 1.807) is 0 Å². The predicted octanol–water partition coefficient (Wildman–Crippen LogP) is 2.24. The van der Waals surface area contributed by atoms with E-state index in [4.69, 9.17) is 4.74 Å². The molecule has 1 aromatic rings. The molecule has 2 heterocycles. The van der Waals surface area contributed by atoms with E-state index in [9.17, 15) is 9.59 Å². The van der Waals surface area contributed by atoms with E-state index in [0.717, 1.165) is 25.7 Å². The van der Waals surface area contributed by atoms with Crippen LogP contribution in [0.4, 0.5) is 0 Å². The molecule has 2 saturated heterocycles. The van der Waals surface area contributed by atoms with Crippen molar-refractivity contribution < 1.29 is 14.3 Å². The van der Waals surface area contributed by atoms with Crippen LogP contribution >= 0.6 is 0 Å². The minimum atomic E-state index is 0.00889. The van der Waals surface area contributed by atoms with Gasteiger partial charge in [0, 0.05) is 44.1 Å². The number of nitrogens with one attached hydrogen (secondary N) is 1. The first-order valence-corrected chi connectivity index (χ1v) is 9.85. The van der Waals surface area contributed by atoms with Crippen LogP contribution < -0.4 is 5.32 Å². The second-order valence-electron chi connectivity index (χ2n) is 8.04. The van der Waals surface area contributed by atoms with Gasteiger partial charge in [-0.05, 0) is 38.2 Å². The molecule has 4 rings (SSSR count). The smallest absolute Gasteiger partial charge is 0.225 e. The van der Waals surface area contributed by atoms with Gasteiger partial charge < -0.3 is 15.0 Å². The van der Waals surface area contributed by atoms with Crippen molar-refractivity contribution in [1.82, 2.24) is 10.2 Å². The van der Waals surface area contributed by atoms with Gasteiger partial charge in [-0.1, -0.05) is 29.8 Å². The fourth-order valence-electron chi connectivity index (χ4n) is 4.13. The van der Waals surface area contributed by atoms with Gasteiger partial charge in [-0.15, -0.1) is 0 Å². The van der Waals surface area contributed by atoms with Crippen molar-refractivity contribution in [2.24, 2.45) is 11.8 Å². The summed E-state index contributed by atoms with van der Waals surface area (Å²) in [7, 11) is 0. The lowest BCUT2D eigenvalue weighted by Crippen LogP contribution is -2.42. The lowest BCUT2D eigenvalue weighted by Gasteiger charge is -2.26. The Hall–Kier alpha value is -1.88. The number of likely N-dealkylation sites (tertiary alicyclic amines) is 1. The molecule has 0 bridgehead atoms. The molecule has 0 radical (unpaired) electrons. The SMILES string of the molecule is Cc1ccc([C@@H]2CN(C(=O)C3CCOCC3)C[C@H]2NC(=O)C2CC2)cc1. The lowest BCUT2D eigenvalue weighted by molar-refractivity contribution is -0.137. The fraction of sp³-hybridized carbons (Fsp3) is 0.619. The van der Waals surface area contributed by atoms with Gasteiger partial charge in [0.2, 0.25) is 11.8 Å². The van der Waals surface area contributed by atoms with E-state index in [0.29, 0.717) is 26.3 Å². The monoisotopic (exact) mass is 356 g/mol. The number of benzene rings is 1. The maximum atomic E-state index is 13.0. The molecular formula is C21H28N2O3. The van der Waals surface area contributed by atoms with Crippen LogP contribution in [0, 0.1) is 18.8 Å². The summed E-state index contributed by atoms with van der Waals surface area (Å²) < 4.78 is 5.39. The molecule has 1 aromatic carbocycles. The summed E-state index contributed by atoms with van der Waals surface area (Å²) in [4.78, 5) is 27.3. The van der Waals surface area contributed by atoms with Crippen molar-refractivity contribution in [1.29, 1.82) is 0 Å². The molecule has 2 aliphatic heterocycles. The number of carbonyl (C=O) groups is 2. The largest absolute Gasteiger partial charge is 0.381 e. The van der Waals surface area contributed by atoms with Gasteiger partial charge in [0.25, 0.3) is 0 Å². The van der Waals surface area contributed by atoms with E-state index < -0.39 is 0 Å². The summed E-state index contributed by atoms with van der Waals surface area (Å²) >= 11 is 0. The highest BCUT2D eigenvalue weighted by atomic mass is 16.5. The normalized spacial score (nSPS) is 26.7. The summed E-state index contributed by atoms with van der Waals surface area (Å²) in [6.07, 6.45) is 3.62. The zero-order valence-corrected chi connectivity index (χ0v) is 15.4. The molecule has 0 spiro atoms. The zero-order chi connectivity index (χ0) is 18.1. The summed E-state index contributed by atoms with van der Waals surface area (Å²) in [5.74, 6) is 0.817. The Balaban J connectivity index is 1.50. The van der Waals surface area contributed by atoms with Crippen LogP contribution in [0.5, 0.6) is 0 Å². The first-order chi connectivity index (χ1) is 12.6. The van der Waals surface area contributed by atoms with Crippen LogP contribution in [0.2, 0.25) is 0 Å². The number of amides is 2. The molecule has 5 heteroatoms. The van der Waals surface area contributed by atoms with Crippen molar-refractivity contribution in [2.75, 3.05) is 26.3 Å². The van der Waals surface area contributed by atoms with Crippen molar-refractivity contribution in [3.63, 3.8) is 0 Å². The number of carbonyl (C=O) groups excluding carboxylic acids is 2. The van der Waals surface area contributed by atoms with Gasteiger partial charge in [-0.25, -0.2) is 0 Å². The molecule has 140 valence electrons. The number of aryl methyl sites for hydroxylation is 1. The van der Waals surface area contributed by atoms with Crippen LogP contribution in [0.15, 0.2) is 24.3 Å². The van der Waals surface area contributed by atoms with E-state index in [1.165, 1.54) is 11.1 Å². The molecule has 3 aliphatic rings. The minimum absolute atomic E-state index is 0.00889. The second-order valence-corrected chi connectivity index (χ2v) is 8.04. The zero-order valence-electron chi connectivity index (χ0n) is 15.4. The highest BCUT2D eigenvalue weighted by Gasteiger charge is 2.41. The number of hydrogen-bond acceptors (Lipinski definition) is 3. The summed E-state index contributed by atoms with van der Waals surface area (Å²) in [5, 5.41) is 3.23. The average molecular weight is 356 g/mol.